The summed E-state index contributed by atoms with van der Waals surface area (Å²) in [5.41, 5.74) is 6.20. The molecular formula is C13H20N2O3. The molecule has 0 fully saturated rings. The number of amides is 1. The predicted octanol–water partition coefficient (Wildman–Crippen LogP) is 0.877. The van der Waals surface area contributed by atoms with Gasteiger partial charge in [0.2, 0.25) is 0 Å². The summed E-state index contributed by atoms with van der Waals surface area (Å²) in [4.78, 5) is 13.2. The SMILES string of the molecule is CC(O)CCN(C)C(=O)COc1ccc(N)cc1. The van der Waals surface area contributed by atoms with Gasteiger partial charge in [-0.1, -0.05) is 0 Å². The number of nitrogen functional groups attached to an aromatic ring is 1. The number of benzene rings is 1. The van der Waals surface area contributed by atoms with Crippen LogP contribution in [0.15, 0.2) is 24.3 Å². The maximum atomic E-state index is 11.7. The van der Waals surface area contributed by atoms with E-state index in [9.17, 15) is 4.79 Å². The Hall–Kier alpha value is -1.75. The molecule has 0 radical (unpaired) electrons. The molecule has 0 aliphatic rings. The number of ether oxygens (including phenoxy) is 1. The fourth-order valence-electron chi connectivity index (χ4n) is 1.32. The first-order valence-electron chi connectivity index (χ1n) is 5.89. The van der Waals surface area contributed by atoms with Crippen molar-refractivity contribution >= 4 is 11.6 Å². The van der Waals surface area contributed by atoms with Crippen molar-refractivity contribution in [2.24, 2.45) is 0 Å². The van der Waals surface area contributed by atoms with E-state index in [-0.39, 0.29) is 12.5 Å². The van der Waals surface area contributed by atoms with Gasteiger partial charge in [-0.05, 0) is 37.6 Å². The minimum absolute atomic E-state index is 0.0137. The Kier molecular flexibility index (Phi) is 5.45. The van der Waals surface area contributed by atoms with Gasteiger partial charge in [0.05, 0.1) is 6.10 Å². The molecule has 0 heterocycles. The van der Waals surface area contributed by atoms with Gasteiger partial charge in [0.25, 0.3) is 5.91 Å². The highest BCUT2D eigenvalue weighted by atomic mass is 16.5. The van der Waals surface area contributed by atoms with Crippen LogP contribution in [0.3, 0.4) is 0 Å². The first kappa shape index (κ1) is 14.3. The molecule has 1 aromatic rings. The Morgan fingerprint density at radius 2 is 2.06 bits per heavy atom. The second kappa shape index (κ2) is 6.86. The molecular weight excluding hydrogens is 232 g/mol. The van der Waals surface area contributed by atoms with E-state index < -0.39 is 6.10 Å². The monoisotopic (exact) mass is 252 g/mol. The third-order valence-electron chi connectivity index (χ3n) is 2.55. The van der Waals surface area contributed by atoms with Crippen LogP contribution in [0.5, 0.6) is 5.75 Å². The van der Waals surface area contributed by atoms with E-state index in [4.69, 9.17) is 15.6 Å². The highest BCUT2D eigenvalue weighted by molar-refractivity contribution is 5.77. The quantitative estimate of drug-likeness (QED) is 0.737. The summed E-state index contributed by atoms with van der Waals surface area (Å²) in [6.45, 7) is 2.20. The van der Waals surface area contributed by atoms with E-state index in [0.717, 1.165) is 0 Å². The van der Waals surface area contributed by atoms with Crippen molar-refractivity contribution in [1.29, 1.82) is 0 Å². The lowest BCUT2D eigenvalue weighted by molar-refractivity contribution is -0.132. The average Bonchev–Trinajstić information content (AvgIpc) is 2.34. The van der Waals surface area contributed by atoms with Crippen molar-refractivity contribution in [1.82, 2.24) is 4.90 Å². The van der Waals surface area contributed by atoms with Gasteiger partial charge in [-0.25, -0.2) is 0 Å². The van der Waals surface area contributed by atoms with Gasteiger partial charge in [-0.15, -0.1) is 0 Å². The second-order valence-corrected chi connectivity index (χ2v) is 4.31. The predicted molar refractivity (Wildman–Crippen MR) is 70.3 cm³/mol. The molecule has 0 bridgehead atoms. The van der Waals surface area contributed by atoms with E-state index in [2.05, 4.69) is 0 Å². The molecule has 1 rings (SSSR count). The van der Waals surface area contributed by atoms with Crippen LogP contribution < -0.4 is 10.5 Å². The standard InChI is InChI=1S/C13H20N2O3/c1-10(16)7-8-15(2)13(17)9-18-12-5-3-11(14)4-6-12/h3-6,10,16H,7-9,14H2,1-2H3. The molecule has 1 unspecified atom stereocenters. The molecule has 1 atom stereocenters. The lowest BCUT2D eigenvalue weighted by Gasteiger charge is -2.18. The fourth-order valence-corrected chi connectivity index (χ4v) is 1.32. The second-order valence-electron chi connectivity index (χ2n) is 4.31. The van der Waals surface area contributed by atoms with E-state index in [1.165, 1.54) is 0 Å². The largest absolute Gasteiger partial charge is 0.484 e. The van der Waals surface area contributed by atoms with Crippen molar-refractivity contribution in [3.05, 3.63) is 24.3 Å². The Morgan fingerprint density at radius 1 is 1.44 bits per heavy atom. The van der Waals surface area contributed by atoms with Crippen LogP contribution in [-0.2, 0) is 4.79 Å². The summed E-state index contributed by atoms with van der Waals surface area (Å²) in [5.74, 6) is 0.494. The molecule has 100 valence electrons. The Morgan fingerprint density at radius 3 is 2.61 bits per heavy atom. The Labute approximate surface area is 107 Å². The number of likely N-dealkylation sites (N-methyl/N-ethyl adjacent to an activating group) is 1. The van der Waals surface area contributed by atoms with Gasteiger partial charge in [0.15, 0.2) is 6.61 Å². The van der Waals surface area contributed by atoms with Crippen LogP contribution in [0, 0.1) is 0 Å². The molecule has 5 heteroatoms. The minimum Gasteiger partial charge on any atom is -0.484 e. The van der Waals surface area contributed by atoms with E-state index in [0.29, 0.717) is 24.4 Å². The molecule has 3 N–H and O–H groups in total. The van der Waals surface area contributed by atoms with Gasteiger partial charge >= 0.3 is 0 Å². The van der Waals surface area contributed by atoms with E-state index in [1.807, 2.05) is 0 Å². The number of aliphatic hydroxyl groups excluding tert-OH is 1. The molecule has 0 aliphatic carbocycles. The van der Waals surface area contributed by atoms with Crippen LogP contribution in [0.2, 0.25) is 0 Å². The molecule has 0 saturated carbocycles. The van der Waals surface area contributed by atoms with Gasteiger partial charge in [0.1, 0.15) is 5.75 Å². The van der Waals surface area contributed by atoms with Crippen LogP contribution >= 0.6 is 0 Å². The highest BCUT2D eigenvalue weighted by Gasteiger charge is 2.10. The molecule has 0 saturated heterocycles. The lowest BCUT2D eigenvalue weighted by atomic mass is 10.3. The molecule has 18 heavy (non-hydrogen) atoms. The van der Waals surface area contributed by atoms with Crippen molar-refractivity contribution in [3.8, 4) is 5.75 Å². The summed E-state index contributed by atoms with van der Waals surface area (Å²) < 4.78 is 5.34. The normalized spacial score (nSPS) is 11.9. The lowest BCUT2D eigenvalue weighted by Crippen LogP contribution is -2.33. The van der Waals surface area contributed by atoms with Crippen LogP contribution in [0.4, 0.5) is 5.69 Å². The van der Waals surface area contributed by atoms with Crippen LogP contribution in [-0.4, -0.2) is 42.2 Å². The molecule has 0 spiro atoms. The summed E-state index contributed by atoms with van der Waals surface area (Å²) >= 11 is 0. The topological polar surface area (TPSA) is 75.8 Å². The number of rotatable bonds is 6. The summed E-state index contributed by atoms with van der Waals surface area (Å²) in [6, 6.07) is 6.88. The maximum absolute atomic E-state index is 11.7. The zero-order valence-electron chi connectivity index (χ0n) is 10.8. The minimum atomic E-state index is -0.404. The van der Waals surface area contributed by atoms with Gasteiger partial charge in [0, 0.05) is 19.3 Å². The van der Waals surface area contributed by atoms with Gasteiger partial charge in [-0.2, -0.15) is 0 Å². The average molecular weight is 252 g/mol. The Bertz CT molecular complexity index is 376. The number of aliphatic hydroxyl groups is 1. The summed E-state index contributed by atoms with van der Waals surface area (Å²) in [5, 5.41) is 9.14. The number of hydrogen-bond acceptors (Lipinski definition) is 4. The van der Waals surface area contributed by atoms with Gasteiger partial charge in [-0.3, -0.25) is 4.79 Å². The third kappa shape index (κ3) is 5.05. The number of carbonyl (C=O) groups excluding carboxylic acids is 1. The Balaban J connectivity index is 2.34. The third-order valence-corrected chi connectivity index (χ3v) is 2.55. The molecule has 0 aliphatic heterocycles. The molecule has 0 aromatic heterocycles. The van der Waals surface area contributed by atoms with E-state index >= 15 is 0 Å². The van der Waals surface area contributed by atoms with Crippen LogP contribution in [0.1, 0.15) is 13.3 Å². The molecule has 1 aromatic carbocycles. The van der Waals surface area contributed by atoms with Gasteiger partial charge < -0.3 is 20.5 Å². The molecule has 1 amide bonds. The first-order valence-corrected chi connectivity index (χ1v) is 5.89. The number of carbonyl (C=O) groups is 1. The maximum Gasteiger partial charge on any atom is 0.260 e. The van der Waals surface area contributed by atoms with E-state index in [1.54, 1.807) is 43.1 Å². The van der Waals surface area contributed by atoms with Crippen molar-refractivity contribution in [3.63, 3.8) is 0 Å². The fraction of sp³-hybridized carbons (Fsp3) is 0.462. The summed E-state index contributed by atoms with van der Waals surface area (Å²) in [6.07, 6.45) is 0.155. The summed E-state index contributed by atoms with van der Waals surface area (Å²) in [7, 11) is 1.69. The van der Waals surface area contributed by atoms with Crippen molar-refractivity contribution in [2.45, 2.75) is 19.4 Å². The molecule has 5 nitrogen and oxygen atoms in total. The number of anilines is 1. The first-order chi connectivity index (χ1) is 8.49. The number of nitrogens with zero attached hydrogens (tertiary/aromatic N) is 1. The van der Waals surface area contributed by atoms with Crippen molar-refractivity contribution in [2.75, 3.05) is 25.9 Å². The zero-order valence-corrected chi connectivity index (χ0v) is 10.8. The highest BCUT2D eigenvalue weighted by Crippen LogP contribution is 2.12. The number of hydrogen-bond donors (Lipinski definition) is 2. The van der Waals surface area contributed by atoms with Crippen LogP contribution in [0.25, 0.3) is 0 Å². The number of nitrogens with two attached hydrogens (primary N) is 1. The zero-order chi connectivity index (χ0) is 13.5. The smallest absolute Gasteiger partial charge is 0.260 e. The van der Waals surface area contributed by atoms with Crippen molar-refractivity contribution < 1.29 is 14.6 Å².